The van der Waals surface area contributed by atoms with Gasteiger partial charge in [-0.2, -0.15) is 5.10 Å². The lowest BCUT2D eigenvalue weighted by Crippen LogP contribution is -2.22. The van der Waals surface area contributed by atoms with Gasteiger partial charge in [0.25, 0.3) is 0 Å². The highest BCUT2D eigenvalue weighted by atomic mass is 16.1. The molecule has 3 aromatic rings. The van der Waals surface area contributed by atoms with Gasteiger partial charge >= 0.3 is 0 Å². The fourth-order valence-electron chi connectivity index (χ4n) is 3.15. The number of rotatable bonds is 2. The smallest absolute Gasteiger partial charge is 0.226 e. The molecule has 1 aliphatic rings. The molecule has 2 N–H and O–H groups in total. The topological polar surface area (TPSA) is 62.7 Å². The summed E-state index contributed by atoms with van der Waals surface area (Å²) in [7, 11) is 0. The molecule has 0 bridgehead atoms. The third-order valence-electron chi connectivity index (χ3n) is 4.24. The van der Waals surface area contributed by atoms with E-state index in [1.54, 1.807) is 6.20 Å². The number of amides is 1. The highest BCUT2D eigenvalue weighted by Crippen LogP contribution is 2.36. The molecule has 21 heavy (non-hydrogen) atoms. The monoisotopic (exact) mass is 280 g/mol. The first-order valence-electron chi connectivity index (χ1n) is 7.18. The maximum Gasteiger partial charge on any atom is 0.226 e. The Balaban J connectivity index is 1.82. The number of aromatic amines is 1. The third-order valence-corrected chi connectivity index (χ3v) is 4.24. The Kier molecular flexibility index (Phi) is 2.60. The summed E-state index contributed by atoms with van der Waals surface area (Å²) in [5.74, 6) is 0.826. The van der Waals surface area contributed by atoms with Gasteiger partial charge in [0.15, 0.2) is 0 Å². The predicted molar refractivity (Wildman–Crippen MR) is 81.3 cm³/mol. The average molecular weight is 280 g/mol. The van der Waals surface area contributed by atoms with Crippen molar-refractivity contribution in [2.75, 3.05) is 5.32 Å². The van der Waals surface area contributed by atoms with Gasteiger partial charge in [-0.3, -0.25) is 9.89 Å². The van der Waals surface area contributed by atoms with Crippen LogP contribution in [-0.4, -0.2) is 20.7 Å². The Morgan fingerprint density at radius 1 is 1.38 bits per heavy atom. The molecule has 1 atom stereocenters. The number of carbonyl (C=O) groups is 1. The first-order chi connectivity index (χ1) is 10.3. The predicted octanol–water partition coefficient (Wildman–Crippen LogP) is 2.86. The van der Waals surface area contributed by atoms with Crippen LogP contribution in [0.15, 0.2) is 36.7 Å². The van der Waals surface area contributed by atoms with Crippen LogP contribution in [0.3, 0.4) is 0 Å². The lowest BCUT2D eigenvalue weighted by Gasteiger charge is -2.22. The van der Waals surface area contributed by atoms with E-state index in [1.165, 1.54) is 10.9 Å². The molecule has 1 aromatic carbocycles. The molecule has 2 aromatic heterocycles. The summed E-state index contributed by atoms with van der Waals surface area (Å²) in [5.41, 5.74) is 3.45. The minimum Gasteiger partial charge on any atom is -0.348 e. The van der Waals surface area contributed by atoms with Gasteiger partial charge < -0.3 is 9.88 Å². The van der Waals surface area contributed by atoms with Crippen LogP contribution in [0.2, 0.25) is 0 Å². The Hall–Kier alpha value is -2.56. The molecule has 5 heteroatoms. The van der Waals surface area contributed by atoms with E-state index in [0.717, 1.165) is 23.5 Å². The Bertz CT molecular complexity index is 830. The van der Waals surface area contributed by atoms with E-state index in [9.17, 15) is 4.79 Å². The van der Waals surface area contributed by atoms with Crippen molar-refractivity contribution in [3.8, 4) is 0 Å². The highest BCUT2D eigenvalue weighted by molar-refractivity contribution is 5.94. The van der Waals surface area contributed by atoms with Gasteiger partial charge in [0.1, 0.15) is 5.82 Å². The summed E-state index contributed by atoms with van der Waals surface area (Å²) < 4.78 is 2.22. The quantitative estimate of drug-likeness (QED) is 0.758. The molecule has 0 aliphatic carbocycles. The van der Waals surface area contributed by atoms with E-state index >= 15 is 0 Å². The minimum atomic E-state index is 0.0305. The van der Waals surface area contributed by atoms with Crippen LogP contribution < -0.4 is 5.32 Å². The van der Waals surface area contributed by atoms with Crippen LogP contribution in [-0.2, 0) is 11.3 Å². The second kappa shape index (κ2) is 4.48. The molecule has 0 spiro atoms. The van der Waals surface area contributed by atoms with Gasteiger partial charge in [-0.15, -0.1) is 0 Å². The van der Waals surface area contributed by atoms with Crippen molar-refractivity contribution in [2.24, 2.45) is 0 Å². The van der Waals surface area contributed by atoms with Gasteiger partial charge in [0.05, 0.1) is 6.20 Å². The third kappa shape index (κ3) is 1.85. The number of fused-ring (bicyclic) bond motifs is 2. The molecule has 5 nitrogen and oxygen atoms in total. The number of anilines is 1. The second-order valence-corrected chi connectivity index (χ2v) is 5.43. The van der Waals surface area contributed by atoms with Crippen LogP contribution >= 0.6 is 0 Å². The zero-order valence-electron chi connectivity index (χ0n) is 11.8. The number of benzene rings is 1. The van der Waals surface area contributed by atoms with Crippen molar-refractivity contribution in [3.05, 3.63) is 47.8 Å². The second-order valence-electron chi connectivity index (χ2n) is 5.43. The van der Waals surface area contributed by atoms with E-state index in [4.69, 9.17) is 0 Å². The van der Waals surface area contributed by atoms with Gasteiger partial charge in [0, 0.05) is 36.2 Å². The van der Waals surface area contributed by atoms with E-state index in [-0.39, 0.29) is 11.8 Å². The maximum atomic E-state index is 11.9. The number of hydrogen-bond acceptors (Lipinski definition) is 2. The van der Waals surface area contributed by atoms with Crippen molar-refractivity contribution in [2.45, 2.75) is 25.8 Å². The molecular formula is C16H16N4O. The summed E-state index contributed by atoms with van der Waals surface area (Å²) in [5, 5.41) is 10.9. The molecule has 3 heterocycles. The van der Waals surface area contributed by atoms with Gasteiger partial charge in [-0.05, 0) is 36.1 Å². The lowest BCUT2D eigenvalue weighted by molar-refractivity contribution is -0.116. The van der Waals surface area contributed by atoms with Gasteiger partial charge in [0.2, 0.25) is 5.91 Å². The zero-order valence-corrected chi connectivity index (χ0v) is 11.8. The van der Waals surface area contributed by atoms with Crippen LogP contribution in [0.1, 0.15) is 30.4 Å². The van der Waals surface area contributed by atoms with Crippen LogP contribution in [0.4, 0.5) is 5.82 Å². The largest absolute Gasteiger partial charge is 0.348 e. The number of aryl methyl sites for hydroxylation is 1. The number of H-pyrrole nitrogens is 1. The normalized spacial score (nSPS) is 17.8. The summed E-state index contributed by atoms with van der Waals surface area (Å²) in [6.07, 6.45) is 4.37. The van der Waals surface area contributed by atoms with E-state index in [0.29, 0.717) is 6.42 Å². The average Bonchev–Trinajstić information content (AvgIpc) is 3.11. The molecule has 0 fully saturated rings. The SMILES string of the molecule is CCn1ccc2cc(C3CC(=O)Nc4[nH]ncc43)ccc21. The molecular weight excluding hydrogens is 264 g/mol. The molecule has 4 rings (SSSR count). The van der Waals surface area contributed by atoms with Crippen LogP contribution in [0, 0.1) is 0 Å². The van der Waals surface area contributed by atoms with Gasteiger partial charge in [-0.25, -0.2) is 0 Å². The zero-order chi connectivity index (χ0) is 14.4. The fraction of sp³-hybridized carbons (Fsp3) is 0.250. The summed E-state index contributed by atoms with van der Waals surface area (Å²) in [6.45, 7) is 3.09. The Labute approximate surface area is 122 Å². The number of nitrogens with zero attached hydrogens (tertiary/aromatic N) is 2. The van der Waals surface area contributed by atoms with Crippen molar-refractivity contribution < 1.29 is 4.79 Å². The standard InChI is InChI=1S/C16H16N4O/c1-2-20-6-5-11-7-10(3-4-14(11)20)12-8-15(21)18-16-13(12)9-17-19-16/h3-7,9,12H,2,8H2,1H3,(H2,17,18,19,21). The van der Waals surface area contributed by atoms with Crippen molar-refractivity contribution in [1.29, 1.82) is 0 Å². The number of nitrogens with one attached hydrogen (secondary N) is 2. The lowest BCUT2D eigenvalue weighted by atomic mass is 9.87. The van der Waals surface area contributed by atoms with Gasteiger partial charge in [-0.1, -0.05) is 6.07 Å². The summed E-state index contributed by atoms with van der Waals surface area (Å²) >= 11 is 0. The summed E-state index contributed by atoms with van der Waals surface area (Å²) in [6, 6.07) is 8.57. The van der Waals surface area contributed by atoms with Crippen molar-refractivity contribution in [1.82, 2.24) is 14.8 Å². The fourth-order valence-corrected chi connectivity index (χ4v) is 3.15. The van der Waals surface area contributed by atoms with E-state index in [2.05, 4.69) is 57.5 Å². The maximum absolute atomic E-state index is 11.9. The molecule has 0 radical (unpaired) electrons. The van der Waals surface area contributed by atoms with E-state index in [1.807, 2.05) is 0 Å². The first-order valence-corrected chi connectivity index (χ1v) is 7.18. The van der Waals surface area contributed by atoms with Crippen molar-refractivity contribution >= 4 is 22.6 Å². The molecule has 1 amide bonds. The van der Waals surface area contributed by atoms with Crippen molar-refractivity contribution in [3.63, 3.8) is 0 Å². The molecule has 0 saturated carbocycles. The number of aromatic nitrogens is 3. The summed E-state index contributed by atoms with van der Waals surface area (Å²) in [4.78, 5) is 11.9. The van der Waals surface area contributed by atoms with Crippen LogP contribution in [0.25, 0.3) is 10.9 Å². The van der Waals surface area contributed by atoms with E-state index < -0.39 is 0 Å². The molecule has 106 valence electrons. The highest BCUT2D eigenvalue weighted by Gasteiger charge is 2.28. The van der Waals surface area contributed by atoms with Crippen LogP contribution in [0.5, 0.6) is 0 Å². The molecule has 1 unspecified atom stereocenters. The minimum absolute atomic E-state index is 0.0305. The molecule has 1 aliphatic heterocycles. The Morgan fingerprint density at radius 3 is 3.14 bits per heavy atom. The number of carbonyl (C=O) groups excluding carboxylic acids is 1. The Morgan fingerprint density at radius 2 is 2.29 bits per heavy atom. The first kappa shape index (κ1) is 12.2. The molecule has 0 saturated heterocycles. The number of hydrogen-bond donors (Lipinski definition) is 2.